The first-order chi connectivity index (χ1) is 15.2. The first-order valence-corrected chi connectivity index (χ1v) is 10.5. The van der Waals surface area contributed by atoms with Crippen LogP contribution in [0.2, 0.25) is 0 Å². The highest BCUT2D eigenvalue weighted by Crippen LogP contribution is 2.35. The van der Waals surface area contributed by atoms with Gasteiger partial charge in [0.1, 0.15) is 6.04 Å². The number of ether oxygens (including phenoxy) is 2. The van der Waals surface area contributed by atoms with Gasteiger partial charge in [0.05, 0.1) is 14.2 Å². The SMILES string of the molecule is COc1ccc(C2C(=O)N(Cc3ccccc3)CCN2Cc2ccccc2)cc1OC. The molecule has 160 valence electrons. The van der Waals surface area contributed by atoms with Gasteiger partial charge in [-0.2, -0.15) is 0 Å². The fourth-order valence-electron chi connectivity index (χ4n) is 4.14. The summed E-state index contributed by atoms with van der Waals surface area (Å²) in [7, 11) is 3.24. The van der Waals surface area contributed by atoms with Crippen molar-refractivity contribution in [1.82, 2.24) is 9.80 Å². The summed E-state index contributed by atoms with van der Waals surface area (Å²) in [5.41, 5.74) is 3.24. The van der Waals surface area contributed by atoms with Crippen molar-refractivity contribution in [3.8, 4) is 11.5 Å². The van der Waals surface area contributed by atoms with Gasteiger partial charge in [-0.25, -0.2) is 0 Å². The van der Waals surface area contributed by atoms with Crippen LogP contribution in [0.15, 0.2) is 78.9 Å². The quantitative estimate of drug-likeness (QED) is 0.576. The first kappa shape index (κ1) is 20.9. The molecule has 4 rings (SSSR count). The lowest BCUT2D eigenvalue weighted by Gasteiger charge is -2.41. The van der Waals surface area contributed by atoms with Crippen LogP contribution in [-0.4, -0.2) is 43.0 Å². The number of nitrogens with zero attached hydrogens (tertiary/aromatic N) is 2. The van der Waals surface area contributed by atoms with E-state index in [1.807, 2.05) is 59.5 Å². The van der Waals surface area contributed by atoms with Crippen LogP contribution in [-0.2, 0) is 17.9 Å². The number of benzene rings is 3. The molecule has 0 radical (unpaired) electrons. The average molecular weight is 417 g/mol. The van der Waals surface area contributed by atoms with Gasteiger partial charge in [0.2, 0.25) is 5.91 Å². The predicted octanol–water partition coefficient (Wildman–Crippen LogP) is 4.29. The summed E-state index contributed by atoms with van der Waals surface area (Å²) in [6, 6.07) is 25.8. The topological polar surface area (TPSA) is 42.0 Å². The fraction of sp³-hybridized carbons (Fsp3) is 0.269. The van der Waals surface area contributed by atoms with Crippen LogP contribution in [0.4, 0.5) is 0 Å². The third-order valence-corrected chi connectivity index (χ3v) is 5.74. The molecule has 1 atom stereocenters. The molecule has 1 saturated heterocycles. The molecule has 0 bridgehead atoms. The molecule has 1 fully saturated rings. The van der Waals surface area contributed by atoms with Crippen LogP contribution in [0.5, 0.6) is 11.5 Å². The van der Waals surface area contributed by atoms with Gasteiger partial charge in [-0.05, 0) is 28.8 Å². The largest absolute Gasteiger partial charge is 0.493 e. The Morgan fingerprint density at radius 2 is 1.39 bits per heavy atom. The smallest absolute Gasteiger partial charge is 0.244 e. The lowest BCUT2D eigenvalue weighted by atomic mass is 9.99. The molecule has 1 amide bonds. The van der Waals surface area contributed by atoms with Crippen molar-refractivity contribution in [2.24, 2.45) is 0 Å². The highest BCUT2D eigenvalue weighted by atomic mass is 16.5. The van der Waals surface area contributed by atoms with Crippen molar-refractivity contribution >= 4 is 5.91 Å². The summed E-state index contributed by atoms with van der Waals surface area (Å²) < 4.78 is 10.9. The summed E-state index contributed by atoms with van der Waals surface area (Å²) in [4.78, 5) is 17.9. The molecule has 0 N–H and O–H groups in total. The number of hydrogen-bond donors (Lipinski definition) is 0. The minimum Gasteiger partial charge on any atom is -0.493 e. The minimum atomic E-state index is -0.377. The van der Waals surface area contributed by atoms with Crippen molar-refractivity contribution < 1.29 is 14.3 Å². The zero-order chi connectivity index (χ0) is 21.6. The molecule has 0 aromatic heterocycles. The van der Waals surface area contributed by atoms with E-state index in [0.29, 0.717) is 31.1 Å². The van der Waals surface area contributed by atoms with Gasteiger partial charge in [-0.3, -0.25) is 9.69 Å². The Bertz CT molecular complexity index is 1010. The second-order valence-electron chi connectivity index (χ2n) is 7.72. The Balaban J connectivity index is 1.65. The molecule has 1 unspecified atom stereocenters. The Morgan fingerprint density at radius 1 is 0.774 bits per heavy atom. The maximum Gasteiger partial charge on any atom is 0.244 e. The lowest BCUT2D eigenvalue weighted by Crippen LogP contribution is -2.51. The molecular weight excluding hydrogens is 388 g/mol. The van der Waals surface area contributed by atoms with Crippen molar-refractivity contribution in [3.05, 3.63) is 95.6 Å². The monoisotopic (exact) mass is 416 g/mol. The number of amides is 1. The molecule has 3 aromatic carbocycles. The number of rotatable bonds is 7. The molecule has 1 aliphatic heterocycles. The second-order valence-corrected chi connectivity index (χ2v) is 7.72. The van der Waals surface area contributed by atoms with Crippen molar-refractivity contribution in [1.29, 1.82) is 0 Å². The fourth-order valence-corrected chi connectivity index (χ4v) is 4.14. The number of hydrogen-bond acceptors (Lipinski definition) is 4. The van der Waals surface area contributed by atoms with Gasteiger partial charge in [-0.1, -0.05) is 66.7 Å². The Hall–Kier alpha value is -3.31. The Labute approximate surface area is 183 Å². The highest BCUT2D eigenvalue weighted by molar-refractivity contribution is 5.84. The lowest BCUT2D eigenvalue weighted by molar-refractivity contribution is -0.143. The van der Waals surface area contributed by atoms with Crippen molar-refractivity contribution in [2.75, 3.05) is 27.3 Å². The van der Waals surface area contributed by atoms with E-state index in [9.17, 15) is 4.79 Å². The Kier molecular flexibility index (Phi) is 6.53. The number of piperazine rings is 1. The zero-order valence-corrected chi connectivity index (χ0v) is 18.0. The van der Waals surface area contributed by atoms with E-state index in [-0.39, 0.29) is 11.9 Å². The molecular formula is C26H28N2O3. The molecule has 1 heterocycles. The summed E-state index contributed by atoms with van der Waals surface area (Å²) in [6.07, 6.45) is 0. The van der Waals surface area contributed by atoms with Crippen LogP contribution in [0.1, 0.15) is 22.7 Å². The predicted molar refractivity (Wildman–Crippen MR) is 121 cm³/mol. The maximum absolute atomic E-state index is 13.7. The third-order valence-electron chi connectivity index (χ3n) is 5.74. The normalized spacial score (nSPS) is 16.9. The van der Waals surface area contributed by atoms with Gasteiger partial charge in [0, 0.05) is 26.2 Å². The van der Waals surface area contributed by atoms with Crippen molar-refractivity contribution in [2.45, 2.75) is 19.1 Å². The van der Waals surface area contributed by atoms with Crippen LogP contribution in [0.3, 0.4) is 0 Å². The van der Waals surface area contributed by atoms with E-state index < -0.39 is 0 Å². The zero-order valence-electron chi connectivity index (χ0n) is 18.0. The number of carbonyl (C=O) groups is 1. The molecule has 0 saturated carbocycles. The summed E-state index contributed by atoms with van der Waals surface area (Å²) >= 11 is 0. The molecule has 3 aromatic rings. The maximum atomic E-state index is 13.7. The summed E-state index contributed by atoms with van der Waals surface area (Å²) in [5, 5.41) is 0. The van der Waals surface area contributed by atoms with Crippen LogP contribution in [0, 0.1) is 0 Å². The van der Waals surface area contributed by atoms with Crippen LogP contribution >= 0.6 is 0 Å². The number of methoxy groups -OCH3 is 2. The third kappa shape index (κ3) is 4.72. The van der Waals surface area contributed by atoms with Crippen LogP contribution in [0.25, 0.3) is 0 Å². The minimum absolute atomic E-state index is 0.109. The molecule has 0 spiro atoms. The second kappa shape index (κ2) is 9.67. The Morgan fingerprint density at radius 3 is 2.00 bits per heavy atom. The van der Waals surface area contributed by atoms with Crippen LogP contribution < -0.4 is 9.47 Å². The van der Waals surface area contributed by atoms with Gasteiger partial charge in [-0.15, -0.1) is 0 Å². The molecule has 0 aliphatic carbocycles. The highest BCUT2D eigenvalue weighted by Gasteiger charge is 2.36. The van der Waals surface area contributed by atoms with E-state index in [0.717, 1.165) is 17.7 Å². The van der Waals surface area contributed by atoms with Crippen molar-refractivity contribution in [3.63, 3.8) is 0 Å². The van der Waals surface area contributed by atoms with E-state index in [1.165, 1.54) is 5.56 Å². The number of carbonyl (C=O) groups excluding carboxylic acids is 1. The average Bonchev–Trinajstić information content (AvgIpc) is 2.82. The van der Waals surface area contributed by atoms with Gasteiger partial charge < -0.3 is 14.4 Å². The first-order valence-electron chi connectivity index (χ1n) is 10.5. The van der Waals surface area contributed by atoms with E-state index >= 15 is 0 Å². The standard InChI is InChI=1S/C26H28N2O3/c1-30-23-14-13-22(17-24(23)31-2)25-26(29)28(19-21-11-7-4-8-12-21)16-15-27(25)18-20-9-5-3-6-10-20/h3-14,17,25H,15-16,18-19H2,1-2H3. The van der Waals surface area contributed by atoms with E-state index in [1.54, 1.807) is 14.2 Å². The summed E-state index contributed by atoms with van der Waals surface area (Å²) in [6.45, 7) is 2.82. The molecule has 1 aliphatic rings. The van der Waals surface area contributed by atoms with E-state index in [4.69, 9.17) is 9.47 Å². The molecule has 5 nitrogen and oxygen atoms in total. The van der Waals surface area contributed by atoms with Gasteiger partial charge in [0.25, 0.3) is 0 Å². The summed E-state index contributed by atoms with van der Waals surface area (Å²) in [5.74, 6) is 1.40. The van der Waals surface area contributed by atoms with E-state index in [2.05, 4.69) is 29.2 Å². The van der Waals surface area contributed by atoms with Gasteiger partial charge >= 0.3 is 0 Å². The molecule has 5 heteroatoms. The molecule has 31 heavy (non-hydrogen) atoms. The van der Waals surface area contributed by atoms with Gasteiger partial charge in [0.15, 0.2) is 11.5 Å².